The summed E-state index contributed by atoms with van der Waals surface area (Å²) < 4.78 is 0. The van der Waals surface area contributed by atoms with Crippen molar-refractivity contribution in [3.05, 3.63) is 89.5 Å². The van der Waals surface area contributed by atoms with Crippen molar-refractivity contribution in [3.63, 3.8) is 0 Å². The first-order chi connectivity index (χ1) is 16.5. The summed E-state index contributed by atoms with van der Waals surface area (Å²) in [4.78, 5) is 13.0. The largest absolute Gasteiger partial charge is 0.397 e. The molecule has 1 heterocycles. The van der Waals surface area contributed by atoms with E-state index in [0.29, 0.717) is 11.9 Å². The Hall–Kier alpha value is -4.33. The maximum absolute atomic E-state index is 6.05. The van der Waals surface area contributed by atoms with Gasteiger partial charge in [0.15, 0.2) is 0 Å². The van der Waals surface area contributed by atoms with E-state index >= 15 is 0 Å². The number of fused-ring (bicyclic) bond motifs is 1. The number of rotatable bonds is 7. The number of para-hydroxylation sites is 2. The Labute approximate surface area is 198 Å². The highest BCUT2D eigenvalue weighted by molar-refractivity contribution is 5.66. The molecule has 0 saturated carbocycles. The number of nitrogen functional groups attached to an aromatic ring is 2. The average Bonchev–Trinajstić information content (AvgIpc) is 3.23. The van der Waals surface area contributed by atoms with Gasteiger partial charge in [0.25, 0.3) is 0 Å². The minimum atomic E-state index is 0.0953. The lowest BCUT2D eigenvalue weighted by Gasteiger charge is -2.17. The molecule has 4 aromatic rings. The van der Waals surface area contributed by atoms with E-state index in [1.54, 1.807) is 0 Å². The first-order valence-electron chi connectivity index (χ1n) is 11.4. The second-order valence-corrected chi connectivity index (χ2v) is 8.56. The van der Waals surface area contributed by atoms with Gasteiger partial charge in [-0.15, -0.1) is 0 Å². The number of benzene rings is 3. The number of hydrogen-bond donors (Lipinski definition) is 5. The Balaban J connectivity index is 1.24. The summed E-state index contributed by atoms with van der Waals surface area (Å²) in [6.45, 7) is 2.10. The first kappa shape index (κ1) is 21.5. The van der Waals surface area contributed by atoms with Crippen molar-refractivity contribution in [3.8, 4) is 0 Å². The molecule has 8 heteroatoms. The van der Waals surface area contributed by atoms with Crippen LogP contribution in [0.4, 0.5) is 34.9 Å². The maximum Gasteiger partial charge on any atom is 0.233 e. The molecule has 0 fully saturated rings. The molecule has 0 bridgehead atoms. The van der Waals surface area contributed by atoms with Gasteiger partial charge in [0.2, 0.25) is 17.8 Å². The highest BCUT2D eigenvalue weighted by atomic mass is 15.2. The number of nitrogens with two attached hydrogens (primary N) is 2. The van der Waals surface area contributed by atoms with Crippen LogP contribution in [-0.2, 0) is 12.8 Å². The lowest BCUT2D eigenvalue weighted by molar-refractivity contribution is 0.760. The molecule has 8 nitrogen and oxygen atoms in total. The number of hydrogen-bond acceptors (Lipinski definition) is 8. The third-order valence-electron chi connectivity index (χ3n) is 6.04. The first-order valence-corrected chi connectivity index (χ1v) is 11.4. The third kappa shape index (κ3) is 4.85. The van der Waals surface area contributed by atoms with Crippen molar-refractivity contribution < 1.29 is 0 Å². The van der Waals surface area contributed by atoms with Crippen LogP contribution in [0.15, 0.2) is 72.8 Å². The zero-order valence-corrected chi connectivity index (χ0v) is 19.0. The predicted octanol–water partition coefficient (Wildman–Crippen LogP) is 4.53. The molecule has 3 aromatic carbocycles. The second-order valence-electron chi connectivity index (χ2n) is 8.56. The number of nitrogens with one attached hydrogen (secondary N) is 3. The molecule has 172 valence electrons. The molecule has 0 radical (unpaired) electrons. The Morgan fingerprint density at radius 2 is 1.44 bits per heavy atom. The molecule has 1 unspecified atom stereocenters. The van der Waals surface area contributed by atoms with Crippen LogP contribution in [0.5, 0.6) is 0 Å². The highest BCUT2D eigenvalue weighted by Crippen LogP contribution is 2.26. The molecular formula is C26H28N8. The van der Waals surface area contributed by atoms with Crippen molar-refractivity contribution >= 4 is 34.9 Å². The molecule has 5 rings (SSSR count). The van der Waals surface area contributed by atoms with Gasteiger partial charge in [-0.1, -0.05) is 48.5 Å². The van der Waals surface area contributed by atoms with E-state index in [9.17, 15) is 0 Å². The highest BCUT2D eigenvalue weighted by Gasteiger charge is 2.22. The van der Waals surface area contributed by atoms with E-state index in [-0.39, 0.29) is 18.0 Å². The van der Waals surface area contributed by atoms with Crippen LogP contribution in [0, 0.1) is 0 Å². The molecule has 1 atom stereocenters. The molecule has 0 aliphatic heterocycles. The monoisotopic (exact) mass is 452 g/mol. The number of anilines is 6. The Kier molecular flexibility index (Phi) is 5.86. The minimum Gasteiger partial charge on any atom is -0.397 e. The minimum absolute atomic E-state index is 0.0953. The van der Waals surface area contributed by atoms with Crippen molar-refractivity contribution in [2.45, 2.75) is 31.8 Å². The summed E-state index contributed by atoms with van der Waals surface area (Å²) in [6.07, 6.45) is 1.87. The zero-order valence-electron chi connectivity index (χ0n) is 19.0. The van der Waals surface area contributed by atoms with Gasteiger partial charge in [-0.05, 0) is 60.7 Å². The smallest absolute Gasteiger partial charge is 0.233 e. The van der Waals surface area contributed by atoms with Gasteiger partial charge >= 0.3 is 0 Å². The molecule has 0 saturated heterocycles. The van der Waals surface area contributed by atoms with Crippen molar-refractivity contribution in [1.29, 1.82) is 0 Å². The quantitative estimate of drug-likeness (QED) is 0.259. The summed E-state index contributed by atoms with van der Waals surface area (Å²) in [5, 5.41) is 10.1. The van der Waals surface area contributed by atoms with Crippen LogP contribution in [0.2, 0.25) is 0 Å². The van der Waals surface area contributed by atoms with Crippen molar-refractivity contribution in [1.82, 2.24) is 15.0 Å². The van der Waals surface area contributed by atoms with Crippen LogP contribution in [0.3, 0.4) is 0 Å². The van der Waals surface area contributed by atoms with Crippen molar-refractivity contribution in [2.75, 3.05) is 27.4 Å². The fraction of sp³-hybridized carbons (Fsp3) is 0.192. The zero-order chi connectivity index (χ0) is 23.5. The van der Waals surface area contributed by atoms with Crippen LogP contribution in [-0.4, -0.2) is 21.0 Å². The molecule has 7 N–H and O–H groups in total. The van der Waals surface area contributed by atoms with E-state index in [1.807, 2.05) is 36.4 Å². The fourth-order valence-corrected chi connectivity index (χ4v) is 4.29. The van der Waals surface area contributed by atoms with Crippen LogP contribution in [0.1, 0.15) is 29.7 Å². The maximum atomic E-state index is 6.05. The SMILES string of the molecule is CC(Nc1ccccc1N)c1ccc(Nc2nc(N)nc(NC3Cc4ccccc4C3)n2)cc1. The standard InChI is InChI=1S/C26H28N8/c1-16(29-23-9-5-4-8-22(23)27)17-10-12-20(13-11-17)30-25-32-24(28)33-26(34-25)31-21-14-18-6-2-3-7-19(18)15-21/h2-13,16,21,29H,14-15,27H2,1H3,(H4,28,30,31,32,33,34). The summed E-state index contributed by atoms with van der Waals surface area (Å²) in [7, 11) is 0. The lowest BCUT2D eigenvalue weighted by atomic mass is 10.1. The third-order valence-corrected chi connectivity index (χ3v) is 6.04. The Morgan fingerprint density at radius 3 is 2.15 bits per heavy atom. The van der Waals surface area contributed by atoms with Gasteiger partial charge in [-0.3, -0.25) is 0 Å². The lowest BCUT2D eigenvalue weighted by Crippen LogP contribution is -2.22. The molecular weight excluding hydrogens is 424 g/mol. The molecule has 1 aliphatic carbocycles. The normalized spacial score (nSPS) is 13.8. The van der Waals surface area contributed by atoms with Gasteiger partial charge in [-0.2, -0.15) is 15.0 Å². The second kappa shape index (κ2) is 9.27. The summed E-state index contributed by atoms with van der Waals surface area (Å²) >= 11 is 0. The topological polar surface area (TPSA) is 127 Å². The summed E-state index contributed by atoms with van der Waals surface area (Å²) in [5.74, 6) is 1.05. The van der Waals surface area contributed by atoms with E-state index in [2.05, 4.69) is 74.2 Å². The van der Waals surface area contributed by atoms with Crippen LogP contribution >= 0.6 is 0 Å². The summed E-state index contributed by atoms with van der Waals surface area (Å²) in [5.41, 5.74) is 18.4. The number of nitrogens with zero attached hydrogens (tertiary/aromatic N) is 3. The molecule has 34 heavy (non-hydrogen) atoms. The van der Waals surface area contributed by atoms with E-state index in [0.717, 1.165) is 35.5 Å². The molecule has 0 amide bonds. The van der Waals surface area contributed by atoms with Crippen LogP contribution in [0.25, 0.3) is 0 Å². The van der Waals surface area contributed by atoms with Gasteiger partial charge in [0.1, 0.15) is 0 Å². The van der Waals surface area contributed by atoms with Crippen LogP contribution < -0.4 is 27.4 Å². The molecule has 1 aromatic heterocycles. The van der Waals surface area contributed by atoms with E-state index in [4.69, 9.17) is 11.5 Å². The van der Waals surface area contributed by atoms with Crippen molar-refractivity contribution in [2.24, 2.45) is 0 Å². The Morgan fingerprint density at radius 1 is 0.794 bits per heavy atom. The van der Waals surface area contributed by atoms with Gasteiger partial charge < -0.3 is 27.4 Å². The summed E-state index contributed by atoms with van der Waals surface area (Å²) in [6, 6.07) is 24.6. The Bertz CT molecular complexity index is 1260. The molecule has 1 aliphatic rings. The predicted molar refractivity (Wildman–Crippen MR) is 138 cm³/mol. The van der Waals surface area contributed by atoms with Gasteiger partial charge in [0, 0.05) is 17.8 Å². The molecule has 0 spiro atoms. The fourth-order valence-electron chi connectivity index (χ4n) is 4.29. The van der Waals surface area contributed by atoms with Gasteiger partial charge in [0.05, 0.1) is 11.4 Å². The average molecular weight is 453 g/mol. The van der Waals surface area contributed by atoms with E-state index in [1.165, 1.54) is 11.1 Å². The van der Waals surface area contributed by atoms with Gasteiger partial charge in [-0.25, -0.2) is 0 Å². The van der Waals surface area contributed by atoms with E-state index < -0.39 is 0 Å². The number of aromatic nitrogens is 3.